The first-order valence-corrected chi connectivity index (χ1v) is 4.93. The van der Waals surface area contributed by atoms with Crippen molar-refractivity contribution in [3.63, 3.8) is 0 Å². The smallest absolute Gasteiger partial charge is 0.134 e. The van der Waals surface area contributed by atoms with E-state index in [1.807, 2.05) is 30.3 Å². The molecule has 14 heavy (non-hydrogen) atoms. The molecule has 0 unspecified atom stereocenters. The summed E-state index contributed by atoms with van der Waals surface area (Å²) in [6, 6.07) is 9.91. The number of carbonyl (C=O) groups is 1. The molecule has 0 aliphatic heterocycles. The Morgan fingerprint density at radius 2 is 2.00 bits per heavy atom. The molecule has 0 amide bonds. The van der Waals surface area contributed by atoms with Gasteiger partial charge in [0, 0.05) is 24.3 Å². The van der Waals surface area contributed by atoms with E-state index in [-0.39, 0.29) is 0 Å². The molecule has 0 N–H and O–H groups in total. The Hall–Kier alpha value is -1.55. The molecule has 1 atom stereocenters. The van der Waals surface area contributed by atoms with Crippen LogP contribution in [-0.4, -0.2) is 5.78 Å². The molecule has 1 fully saturated rings. The molecule has 70 valence electrons. The van der Waals surface area contributed by atoms with Crippen LogP contribution in [0.25, 0.3) is 0 Å². The summed E-state index contributed by atoms with van der Waals surface area (Å²) in [6.07, 6.45) is 2.31. The molecule has 0 heterocycles. The van der Waals surface area contributed by atoms with Gasteiger partial charge in [-0.05, 0) is 18.6 Å². The summed E-state index contributed by atoms with van der Waals surface area (Å²) in [5.41, 5.74) is 1.03. The van der Waals surface area contributed by atoms with E-state index in [4.69, 9.17) is 0 Å². The van der Waals surface area contributed by atoms with Crippen LogP contribution in [-0.2, 0) is 4.79 Å². The third-order valence-electron chi connectivity index (χ3n) is 2.44. The predicted molar refractivity (Wildman–Crippen MR) is 55.7 cm³/mol. The fraction of sp³-hybridized carbons (Fsp3) is 0.308. The van der Waals surface area contributed by atoms with Gasteiger partial charge in [0.1, 0.15) is 5.78 Å². The van der Waals surface area contributed by atoms with Gasteiger partial charge in [-0.2, -0.15) is 0 Å². The highest BCUT2D eigenvalue weighted by molar-refractivity contribution is 5.81. The van der Waals surface area contributed by atoms with Crippen LogP contribution in [0.5, 0.6) is 0 Å². The number of hydrogen-bond donors (Lipinski definition) is 0. The van der Waals surface area contributed by atoms with E-state index < -0.39 is 0 Å². The lowest BCUT2D eigenvalue weighted by Crippen LogP contribution is -1.90. The van der Waals surface area contributed by atoms with Crippen molar-refractivity contribution in [2.24, 2.45) is 5.92 Å². The second kappa shape index (κ2) is 4.11. The molecule has 0 saturated heterocycles. The van der Waals surface area contributed by atoms with Crippen molar-refractivity contribution in [1.82, 2.24) is 0 Å². The molecule has 1 nitrogen and oxygen atoms in total. The third kappa shape index (κ3) is 2.23. The molecule has 2 rings (SSSR count). The van der Waals surface area contributed by atoms with Crippen molar-refractivity contribution in [3.8, 4) is 11.8 Å². The predicted octanol–water partition coefficient (Wildman–Crippen LogP) is 2.41. The molecule has 0 radical (unpaired) electrons. The highest BCUT2D eigenvalue weighted by Gasteiger charge is 2.19. The Bertz CT molecular complexity index is 381. The summed E-state index contributed by atoms with van der Waals surface area (Å²) < 4.78 is 0. The summed E-state index contributed by atoms with van der Waals surface area (Å²) in [5, 5.41) is 0. The molecule has 1 aromatic carbocycles. The molecule has 1 aliphatic carbocycles. The Morgan fingerprint density at radius 1 is 1.21 bits per heavy atom. The number of hydrogen-bond acceptors (Lipinski definition) is 1. The van der Waals surface area contributed by atoms with Gasteiger partial charge in [-0.1, -0.05) is 30.0 Å². The summed E-state index contributed by atoms with van der Waals surface area (Å²) in [4.78, 5) is 11.0. The minimum Gasteiger partial charge on any atom is -0.300 e. The number of Topliss-reactive ketones (excluding diaryl/α,β-unsaturated/α-hetero) is 1. The van der Waals surface area contributed by atoms with Gasteiger partial charge in [0.05, 0.1) is 0 Å². The maximum absolute atomic E-state index is 11.0. The monoisotopic (exact) mass is 184 g/mol. The first kappa shape index (κ1) is 9.02. The number of rotatable bonds is 0. The second-order valence-corrected chi connectivity index (χ2v) is 3.61. The average molecular weight is 184 g/mol. The van der Waals surface area contributed by atoms with Crippen LogP contribution >= 0.6 is 0 Å². The van der Waals surface area contributed by atoms with Crippen molar-refractivity contribution in [2.75, 3.05) is 0 Å². The molecule has 0 spiro atoms. The van der Waals surface area contributed by atoms with E-state index >= 15 is 0 Å². The van der Waals surface area contributed by atoms with E-state index in [0.29, 0.717) is 24.5 Å². The van der Waals surface area contributed by atoms with Gasteiger partial charge in [0.15, 0.2) is 0 Å². The van der Waals surface area contributed by atoms with E-state index in [0.717, 1.165) is 12.0 Å². The first-order valence-electron chi connectivity index (χ1n) is 4.93. The number of benzene rings is 1. The van der Waals surface area contributed by atoms with Gasteiger partial charge in [-0.3, -0.25) is 4.79 Å². The van der Waals surface area contributed by atoms with Crippen LogP contribution in [0.15, 0.2) is 30.3 Å². The van der Waals surface area contributed by atoms with Gasteiger partial charge in [0.25, 0.3) is 0 Å². The molecular weight excluding hydrogens is 172 g/mol. The Kier molecular flexibility index (Phi) is 2.65. The van der Waals surface area contributed by atoms with E-state index in [1.165, 1.54) is 0 Å². The molecule has 0 bridgehead atoms. The molecule has 1 saturated carbocycles. The van der Waals surface area contributed by atoms with Crippen molar-refractivity contribution in [1.29, 1.82) is 0 Å². The van der Waals surface area contributed by atoms with Gasteiger partial charge in [0.2, 0.25) is 0 Å². The van der Waals surface area contributed by atoms with Crippen molar-refractivity contribution in [2.45, 2.75) is 19.3 Å². The molecule has 1 aromatic rings. The average Bonchev–Trinajstić information content (AvgIpc) is 2.63. The van der Waals surface area contributed by atoms with Crippen LogP contribution < -0.4 is 0 Å². The van der Waals surface area contributed by atoms with Crippen molar-refractivity contribution in [3.05, 3.63) is 35.9 Å². The zero-order valence-corrected chi connectivity index (χ0v) is 7.99. The minimum atomic E-state index is 0.294. The van der Waals surface area contributed by atoms with Crippen molar-refractivity contribution >= 4 is 5.78 Å². The fourth-order valence-corrected chi connectivity index (χ4v) is 1.64. The fourth-order valence-electron chi connectivity index (χ4n) is 1.64. The summed E-state index contributed by atoms with van der Waals surface area (Å²) in [5.74, 6) is 6.92. The molecule has 0 aromatic heterocycles. The largest absolute Gasteiger partial charge is 0.300 e. The quantitative estimate of drug-likeness (QED) is 0.566. The standard InChI is InChI=1S/C13H12O/c14-13-9-8-12(10-13)7-6-11-4-2-1-3-5-11/h1-5,12H,8-10H2/t12-/m0/s1. The lowest BCUT2D eigenvalue weighted by Gasteiger charge is -1.94. The Morgan fingerprint density at radius 3 is 2.64 bits per heavy atom. The van der Waals surface area contributed by atoms with Crippen LogP contribution in [0.2, 0.25) is 0 Å². The third-order valence-corrected chi connectivity index (χ3v) is 2.44. The maximum atomic E-state index is 11.0. The van der Waals surface area contributed by atoms with E-state index in [9.17, 15) is 4.79 Å². The van der Waals surface area contributed by atoms with Gasteiger partial charge < -0.3 is 0 Å². The van der Waals surface area contributed by atoms with Gasteiger partial charge in [-0.25, -0.2) is 0 Å². The minimum absolute atomic E-state index is 0.294. The Balaban J connectivity index is 2.04. The zero-order chi connectivity index (χ0) is 9.80. The zero-order valence-electron chi connectivity index (χ0n) is 7.99. The second-order valence-electron chi connectivity index (χ2n) is 3.61. The van der Waals surface area contributed by atoms with Crippen LogP contribution in [0.1, 0.15) is 24.8 Å². The highest BCUT2D eigenvalue weighted by Crippen LogP contribution is 2.20. The lowest BCUT2D eigenvalue weighted by molar-refractivity contribution is -0.117. The summed E-state index contributed by atoms with van der Waals surface area (Å²) in [6.45, 7) is 0. The van der Waals surface area contributed by atoms with Gasteiger partial charge in [-0.15, -0.1) is 0 Å². The molecule has 1 aliphatic rings. The topological polar surface area (TPSA) is 17.1 Å². The summed E-state index contributed by atoms with van der Waals surface area (Å²) >= 11 is 0. The SMILES string of the molecule is O=C1CC[C@H](C#Cc2ccccc2)C1. The normalized spacial score (nSPS) is 20.3. The highest BCUT2D eigenvalue weighted by atomic mass is 16.1. The molecular formula is C13H12O. The first-order chi connectivity index (χ1) is 6.84. The van der Waals surface area contributed by atoms with Crippen LogP contribution in [0.4, 0.5) is 0 Å². The van der Waals surface area contributed by atoms with Crippen LogP contribution in [0, 0.1) is 17.8 Å². The lowest BCUT2D eigenvalue weighted by atomic mass is 10.1. The number of carbonyl (C=O) groups excluding carboxylic acids is 1. The summed E-state index contributed by atoms with van der Waals surface area (Å²) in [7, 11) is 0. The van der Waals surface area contributed by atoms with Crippen LogP contribution in [0.3, 0.4) is 0 Å². The van der Waals surface area contributed by atoms with Crippen molar-refractivity contribution < 1.29 is 4.79 Å². The maximum Gasteiger partial charge on any atom is 0.134 e. The van der Waals surface area contributed by atoms with E-state index in [2.05, 4.69) is 11.8 Å². The Labute approximate surface area is 84.1 Å². The molecule has 1 heteroatoms. The number of ketones is 1. The van der Waals surface area contributed by atoms with E-state index in [1.54, 1.807) is 0 Å². The van der Waals surface area contributed by atoms with Gasteiger partial charge >= 0.3 is 0 Å².